The van der Waals surface area contributed by atoms with Crippen LogP contribution in [-0.2, 0) is 0 Å². The van der Waals surface area contributed by atoms with Crippen LogP contribution in [-0.4, -0.2) is 6.54 Å². The first kappa shape index (κ1) is 10.5. The summed E-state index contributed by atoms with van der Waals surface area (Å²) < 4.78 is 0.881. The molecule has 0 aliphatic rings. The van der Waals surface area contributed by atoms with E-state index in [0.29, 0.717) is 6.54 Å². The van der Waals surface area contributed by atoms with Gasteiger partial charge in [-0.2, -0.15) is 0 Å². The molecule has 1 aromatic carbocycles. The van der Waals surface area contributed by atoms with Gasteiger partial charge in [-0.05, 0) is 40.0 Å². The van der Waals surface area contributed by atoms with Crippen LogP contribution >= 0.6 is 15.9 Å². The third kappa shape index (κ3) is 2.21. The fourth-order valence-electron chi connectivity index (χ4n) is 1.13. The fraction of sp³-hybridized carbons (Fsp3) is 0.333. The summed E-state index contributed by atoms with van der Waals surface area (Å²) in [5, 5.41) is 0. The predicted octanol–water partition coefficient (Wildman–Crippen LogP) is 1.30. The van der Waals surface area contributed by atoms with E-state index in [1.54, 1.807) is 0 Å². The largest absolute Gasteiger partial charge is 0.398 e. The second-order valence-corrected chi connectivity index (χ2v) is 3.93. The van der Waals surface area contributed by atoms with E-state index in [1.807, 2.05) is 19.1 Å². The lowest BCUT2D eigenvalue weighted by Crippen LogP contribution is -2.20. The van der Waals surface area contributed by atoms with Crippen molar-refractivity contribution < 1.29 is 0 Å². The zero-order valence-electron chi connectivity index (χ0n) is 7.55. The number of nitrogens with two attached hydrogens (primary N) is 3. The highest BCUT2D eigenvalue weighted by Gasteiger charge is 2.07. The van der Waals surface area contributed by atoms with Crippen LogP contribution in [0.25, 0.3) is 0 Å². The molecule has 3 nitrogen and oxygen atoms in total. The lowest BCUT2D eigenvalue weighted by molar-refractivity contribution is 0.736. The lowest BCUT2D eigenvalue weighted by atomic mass is 10.0. The van der Waals surface area contributed by atoms with Gasteiger partial charge >= 0.3 is 0 Å². The zero-order valence-corrected chi connectivity index (χ0v) is 9.14. The molecule has 0 aliphatic heterocycles. The molecule has 0 spiro atoms. The third-order valence-electron chi connectivity index (χ3n) is 2.04. The molecule has 72 valence electrons. The van der Waals surface area contributed by atoms with E-state index in [2.05, 4.69) is 15.9 Å². The Bertz CT molecular complexity index is 289. The summed E-state index contributed by atoms with van der Waals surface area (Å²) in [5.41, 5.74) is 19.8. The van der Waals surface area contributed by atoms with Crippen molar-refractivity contribution in [3.05, 3.63) is 27.7 Å². The Balaban J connectivity index is 3.13. The number of hydrogen-bond donors (Lipinski definition) is 3. The van der Waals surface area contributed by atoms with E-state index >= 15 is 0 Å². The number of hydrogen-bond acceptors (Lipinski definition) is 3. The van der Waals surface area contributed by atoms with Gasteiger partial charge in [0.15, 0.2) is 0 Å². The number of rotatable bonds is 2. The average molecular weight is 244 g/mol. The summed E-state index contributed by atoms with van der Waals surface area (Å²) in [5.74, 6) is 0. The molecule has 1 aromatic rings. The van der Waals surface area contributed by atoms with Crippen molar-refractivity contribution in [2.24, 2.45) is 11.5 Å². The molecule has 6 N–H and O–H groups in total. The van der Waals surface area contributed by atoms with Crippen molar-refractivity contribution in [2.45, 2.75) is 13.0 Å². The molecule has 0 radical (unpaired) electrons. The number of aryl methyl sites for hydroxylation is 1. The van der Waals surface area contributed by atoms with Gasteiger partial charge in [0, 0.05) is 22.7 Å². The van der Waals surface area contributed by atoms with Crippen molar-refractivity contribution >= 4 is 21.6 Å². The van der Waals surface area contributed by atoms with Crippen molar-refractivity contribution in [3.63, 3.8) is 0 Å². The minimum absolute atomic E-state index is 0.115. The monoisotopic (exact) mass is 243 g/mol. The highest BCUT2D eigenvalue weighted by atomic mass is 79.9. The van der Waals surface area contributed by atoms with Gasteiger partial charge < -0.3 is 17.2 Å². The quantitative estimate of drug-likeness (QED) is 0.686. The number of anilines is 1. The first-order valence-corrected chi connectivity index (χ1v) is 4.86. The first-order valence-electron chi connectivity index (χ1n) is 4.07. The molecule has 1 rings (SSSR count). The molecule has 0 saturated carbocycles. The summed E-state index contributed by atoms with van der Waals surface area (Å²) in [6.07, 6.45) is 0. The van der Waals surface area contributed by atoms with Gasteiger partial charge in [-0.25, -0.2) is 0 Å². The van der Waals surface area contributed by atoms with Crippen molar-refractivity contribution in [1.82, 2.24) is 0 Å². The standard InChI is InChI=1S/C9H14BrN3/c1-5-2-6(8(12)4-11)3-7(10)9(5)13/h2-3,8H,4,11-13H2,1H3. The maximum Gasteiger partial charge on any atom is 0.0488 e. The molecule has 0 bridgehead atoms. The number of benzene rings is 1. The summed E-state index contributed by atoms with van der Waals surface area (Å²) in [6.45, 7) is 2.39. The molecule has 0 aliphatic carbocycles. The molecule has 0 fully saturated rings. The van der Waals surface area contributed by atoms with Crippen molar-refractivity contribution in [3.8, 4) is 0 Å². The van der Waals surface area contributed by atoms with Crippen LogP contribution in [0.15, 0.2) is 16.6 Å². The van der Waals surface area contributed by atoms with Gasteiger partial charge in [0.1, 0.15) is 0 Å². The molecular weight excluding hydrogens is 230 g/mol. The molecule has 4 heteroatoms. The van der Waals surface area contributed by atoms with Crippen LogP contribution < -0.4 is 17.2 Å². The molecule has 1 unspecified atom stereocenters. The Hall–Kier alpha value is -0.580. The van der Waals surface area contributed by atoms with E-state index in [1.165, 1.54) is 0 Å². The normalized spacial score (nSPS) is 12.9. The van der Waals surface area contributed by atoms with Gasteiger partial charge in [0.25, 0.3) is 0 Å². The Morgan fingerprint density at radius 3 is 2.54 bits per heavy atom. The predicted molar refractivity (Wildman–Crippen MR) is 59.3 cm³/mol. The van der Waals surface area contributed by atoms with E-state index in [-0.39, 0.29) is 6.04 Å². The van der Waals surface area contributed by atoms with Crippen molar-refractivity contribution in [2.75, 3.05) is 12.3 Å². The smallest absolute Gasteiger partial charge is 0.0488 e. The summed E-state index contributed by atoms with van der Waals surface area (Å²) in [7, 11) is 0. The minimum Gasteiger partial charge on any atom is -0.398 e. The van der Waals surface area contributed by atoms with Gasteiger partial charge in [-0.1, -0.05) is 6.07 Å². The van der Waals surface area contributed by atoms with Crippen LogP contribution in [0.5, 0.6) is 0 Å². The second kappa shape index (κ2) is 4.09. The highest BCUT2D eigenvalue weighted by Crippen LogP contribution is 2.26. The third-order valence-corrected chi connectivity index (χ3v) is 2.70. The van der Waals surface area contributed by atoms with Crippen LogP contribution in [0.1, 0.15) is 17.2 Å². The summed E-state index contributed by atoms with van der Waals surface area (Å²) >= 11 is 3.37. The van der Waals surface area contributed by atoms with Gasteiger partial charge in [0.05, 0.1) is 0 Å². The zero-order chi connectivity index (χ0) is 10.0. The average Bonchev–Trinajstić information content (AvgIpc) is 2.12. The van der Waals surface area contributed by atoms with Gasteiger partial charge in [-0.3, -0.25) is 0 Å². The molecule has 0 aromatic heterocycles. The highest BCUT2D eigenvalue weighted by molar-refractivity contribution is 9.10. The van der Waals surface area contributed by atoms with E-state index in [9.17, 15) is 0 Å². The van der Waals surface area contributed by atoms with E-state index in [4.69, 9.17) is 17.2 Å². The van der Waals surface area contributed by atoms with Crippen LogP contribution in [0, 0.1) is 6.92 Å². The van der Waals surface area contributed by atoms with Gasteiger partial charge in [-0.15, -0.1) is 0 Å². The first-order chi connectivity index (χ1) is 6.06. The minimum atomic E-state index is -0.115. The number of nitrogen functional groups attached to an aromatic ring is 1. The lowest BCUT2D eigenvalue weighted by Gasteiger charge is -2.12. The van der Waals surface area contributed by atoms with E-state index < -0.39 is 0 Å². The SMILES string of the molecule is Cc1cc(C(N)CN)cc(Br)c1N. The Kier molecular flexibility index (Phi) is 3.30. The van der Waals surface area contributed by atoms with Gasteiger partial charge in [0.2, 0.25) is 0 Å². The van der Waals surface area contributed by atoms with Crippen LogP contribution in [0.4, 0.5) is 5.69 Å². The summed E-state index contributed by atoms with van der Waals surface area (Å²) in [4.78, 5) is 0. The molecule has 1 atom stereocenters. The Labute approximate surface area is 86.4 Å². The second-order valence-electron chi connectivity index (χ2n) is 3.08. The molecule has 13 heavy (non-hydrogen) atoms. The molecule has 0 amide bonds. The number of halogens is 1. The Morgan fingerprint density at radius 2 is 2.08 bits per heavy atom. The molecule has 0 saturated heterocycles. The van der Waals surface area contributed by atoms with Crippen LogP contribution in [0.2, 0.25) is 0 Å². The molecule has 0 heterocycles. The Morgan fingerprint density at radius 1 is 1.46 bits per heavy atom. The van der Waals surface area contributed by atoms with Crippen LogP contribution in [0.3, 0.4) is 0 Å². The fourth-order valence-corrected chi connectivity index (χ4v) is 1.71. The molecular formula is C9H14BrN3. The maximum atomic E-state index is 5.80. The maximum absolute atomic E-state index is 5.80. The van der Waals surface area contributed by atoms with Crippen molar-refractivity contribution in [1.29, 1.82) is 0 Å². The topological polar surface area (TPSA) is 78.1 Å². The van der Waals surface area contributed by atoms with E-state index in [0.717, 1.165) is 21.3 Å². The summed E-state index contributed by atoms with van der Waals surface area (Å²) in [6, 6.07) is 3.77.